The normalized spacial score (nSPS) is 51.4. The van der Waals surface area contributed by atoms with Gasteiger partial charge in [-0.05, 0) is 43.1 Å². The van der Waals surface area contributed by atoms with Crippen LogP contribution in [-0.4, -0.2) is 17.0 Å². The van der Waals surface area contributed by atoms with Gasteiger partial charge in [-0.1, -0.05) is 26.3 Å². The van der Waals surface area contributed by atoms with Crippen molar-refractivity contribution < 1.29 is 9.90 Å². The molecular weight excluding hydrogens is 212 g/mol. The summed E-state index contributed by atoms with van der Waals surface area (Å²) in [5, 5.41) is 10.4. The van der Waals surface area contributed by atoms with Gasteiger partial charge in [-0.15, -0.1) is 0 Å². The highest BCUT2D eigenvalue weighted by Gasteiger charge is 2.71. The Kier molecular flexibility index (Phi) is 2.04. The van der Waals surface area contributed by atoms with Crippen LogP contribution in [0.4, 0.5) is 0 Å². The van der Waals surface area contributed by atoms with Crippen molar-refractivity contribution in [3.8, 4) is 0 Å². The van der Waals surface area contributed by atoms with Crippen molar-refractivity contribution >= 4 is 5.78 Å². The summed E-state index contributed by atoms with van der Waals surface area (Å²) in [5.41, 5.74) is 1.19. The number of fused-ring (bicyclic) bond motifs is 1. The van der Waals surface area contributed by atoms with Crippen LogP contribution in [0.1, 0.15) is 40.5 Å². The predicted octanol–water partition coefficient (Wildman–Crippen LogP) is 2.56. The van der Waals surface area contributed by atoms with Crippen molar-refractivity contribution in [2.75, 3.05) is 0 Å². The molecule has 4 rings (SSSR count). The summed E-state index contributed by atoms with van der Waals surface area (Å²) in [6.07, 6.45) is 3.38. The number of carbonyl (C=O) groups is 1. The number of hydrogen-bond donors (Lipinski definition) is 1. The van der Waals surface area contributed by atoms with Gasteiger partial charge in [-0.25, -0.2) is 0 Å². The molecule has 0 aromatic rings. The Morgan fingerprint density at radius 2 is 1.94 bits per heavy atom. The van der Waals surface area contributed by atoms with Crippen LogP contribution >= 0.6 is 0 Å². The minimum absolute atomic E-state index is 0.0590. The van der Waals surface area contributed by atoms with E-state index in [0.29, 0.717) is 11.8 Å². The van der Waals surface area contributed by atoms with Crippen LogP contribution in [0, 0.1) is 28.6 Å². The van der Waals surface area contributed by atoms with E-state index in [9.17, 15) is 9.90 Å². The molecule has 2 heteroatoms. The second kappa shape index (κ2) is 3.03. The van der Waals surface area contributed by atoms with E-state index in [1.165, 1.54) is 5.57 Å². The van der Waals surface area contributed by atoms with Crippen molar-refractivity contribution in [2.45, 2.75) is 46.6 Å². The van der Waals surface area contributed by atoms with Gasteiger partial charge in [-0.3, -0.25) is 4.79 Å². The first-order valence-corrected chi connectivity index (χ1v) is 6.70. The lowest BCUT2D eigenvalue weighted by molar-refractivity contribution is -0.188. The van der Waals surface area contributed by atoms with Crippen LogP contribution in [0.3, 0.4) is 0 Å². The quantitative estimate of drug-likeness (QED) is 0.699. The summed E-state index contributed by atoms with van der Waals surface area (Å²) in [6.45, 7) is 8.72. The molecule has 0 aliphatic heterocycles. The molecule has 0 aromatic carbocycles. The molecule has 0 spiro atoms. The van der Waals surface area contributed by atoms with Gasteiger partial charge >= 0.3 is 0 Å². The van der Waals surface area contributed by atoms with E-state index in [-0.39, 0.29) is 28.6 Å². The average molecular weight is 234 g/mol. The minimum atomic E-state index is -0.317. The highest BCUT2D eigenvalue weighted by molar-refractivity contribution is 5.96. The van der Waals surface area contributed by atoms with E-state index < -0.39 is 0 Å². The first kappa shape index (κ1) is 11.5. The molecule has 0 aromatic heterocycles. The second-order valence-electron chi connectivity index (χ2n) is 7.18. The number of aliphatic hydroxyl groups is 1. The first-order valence-electron chi connectivity index (χ1n) is 6.70. The standard InChI is InChI=1S/C15H22O2/c1-8-7-9(16)12-13-11(8)15(12,4)10(17)5-6-14(13,2)3/h7,10-13,17H,5-6H2,1-4H3. The molecule has 5 atom stereocenters. The number of ketones is 1. The monoisotopic (exact) mass is 234 g/mol. The summed E-state index contributed by atoms with van der Waals surface area (Å²) in [4.78, 5) is 12.3. The van der Waals surface area contributed by atoms with Gasteiger partial charge in [0.05, 0.1) is 6.10 Å². The Morgan fingerprint density at radius 1 is 1.29 bits per heavy atom. The zero-order chi connectivity index (χ0) is 12.6. The van der Waals surface area contributed by atoms with Gasteiger partial charge in [0.1, 0.15) is 0 Å². The van der Waals surface area contributed by atoms with Crippen LogP contribution in [0.15, 0.2) is 11.6 Å². The molecule has 2 saturated carbocycles. The number of hydrogen-bond acceptors (Lipinski definition) is 2. The predicted molar refractivity (Wildman–Crippen MR) is 66.4 cm³/mol. The van der Waals surface area contributed by atoms with Crippen LogP contribution < -0.4 is 0 Å². The van der Waals surface area contributed by atoms with Crippen molar-refractivity contribution in [2.24, 2.45) is 28.6 Å². The summed E-state index contributed by atoms with van der Waals surface area (Å²) in [7, 11) is 0. The summed E-state index contributed by atoms with van der Waals surface area (Å²) >= 11 is 0. The molecule has 1 N–H and O–H groups in total. The third-order valence-corrected chi connectivity index (χ3v) is 5.91. The number of carbonyl (C=O) groups excluding carboxylic acids is 1. The van der Waals surface area contributed by atoms with Crippen LogP contribution in [0.5, 0.6) is 0 Å². The van der Waals surface area contributed by atoms with Crippen molar-refractivity contribution in [1.29, 1.82) is 0 Å². The lowest BCUT2D eigenvalue weighted by Gasteiger charge is -2.65. The SMILES string of the molecule is CC1=CC(=O)C2C3C1C2(C)C(O)CCC3(C)C. The summed E-state index contributed by atoms with van der Waals surface area (Å²) in [6, 6.07) is 0. The van der Waals surface area contributed by atoms with Crippen molar-refractivity contribution in [3.63, 3.8) is 0 Å². The van der Waals surface area contributed by atoms with E-state index in [4.69, 9.17) is 0 Å². The fourth-order valence-electron chi connectivity index (χ4n) is 5.01. The maximum atomic E-state index is 12.3. The largest absolute Gasteiger partial charge is 0.393 e. The van der Waals surface area contributed by atoms with E-state index in [2.05, 4.69) is 27.7 Å². The highest BCUT2D eigenvalue weighted by atomic mass is 16.3. The van der Waals surface area contributed by atoms with Crippen molar-refractivity contribution in [3.05, 3.63) is 11.6 Å². The van der Waals surface area contributed by atoms with Gasteiger partial charge < -0.3 is 5.11 Å². The molecule has 4 aliphatic carbocycles. The van der Waals surface area contributed by atoms with Crippen LogP contribution in [-0.2, 0) is 4.79 Å². The Morgan fingerprint density at radius 3 is 2.53 bits per heavy atom. The zero-order valence-corrected chi connectivity index (χ0v) is 11.2. The fraction of sp³-hybridized carbons (Fsp3) is 0.800. The number of aliphatic hydroxyl groups excluding tert-OH is 1. The van der Waals surface area contributed by atoms with E-state index in [1.807, 2.05) is 6.08 Å². The topological polar surface area (TPSA) is 37.3 Å². The molecule has 2 fully saturated rings. The summed E-state index contributed by atoms with van der Waals surface area (Å²) in [5.74, 6) is 1.18. The van der Waals surface area contributed by atoms with E-state index >= 15 is 0 Å². The maximum absolute atomic E-state index is 12.3. The molecular formula is C15H22O2. The van der Waals surface area contributed by atoms with E-state index in [1.54, 1.807) is 0 Å². The first-order chi connectivity index (χ1) is 7.80. The Balaban J connectivity index is 2.16. The van der Waals surface area contributed by atoms with Gasteiger partial charge in [0.2, 0.25) is 0 Å². The van der Waals surface area contributed by atoms with Gasteiger partial charge in [0, 0.05) is 11.3 Å². The minimum Gasteiger partial charge on any atom is -0.393 e. The molecule has 2 nitrogen and oxygen atoms in total. The molecule has 0 saturated heterocycles. The summed E-state index contributed by atoms with van der Waals surface area (Å²) < 4.78 is 0. The third-order valence-electron chi connectivity index (χ3n) is 5.91. The molecule has 17 heavy (non-hydrogen) atoms. The zero-order valence-electron chi connectivity index (χ0n) is 11.2. The lowest BCUT2D eigenvalue weighted by Crippen LogP contribution is -2.67. The van der Waals surface area contributed by atoms with Crippen molar-refractivity contribution in [1.82, 2.24) is 0 Å². The van der Waals surface area contributed by atoms with Gasteiger partial charge in [0.25, 0.3) is 0 Å². The number of allylic oxidation sites excluding steroid dienone is 2. The van der Waals surface area contributed by atoms with Gasteiger partial charge in [0.15, 0.2) is 5.78 Å². The Bertz CT molecular complexity index is 421. The van der Waals surface area contributed by atoms with Crippen LogP contribution in [0.25, 0.3) is 0 Å². The van der Waals surface area contributed by atoms with Gasteiger partial charge in [-0.2, -0.15) is 0 Å². The molecule has 94 valence electrons. The smallest absolute Gasteiger partial charge is 0.159 e. The second-order valence-corrected chi connectivity index (χ2v) is 7.18. The number of rotatable bonds is 0. The van der Waals surface area contributed by atoms with Crippen LogP contribution in [0.2, 0.25) is 0 Å². The molecule has 4 bridgehead atoms. The Labute approximate surface area is 103 Å². The highest BCUT2D eigenvalue weighted by Crippen LogP contribution is 2.71. The average Bonchev–Trinajstić information content (AvgIpc) is 2.32. The molecule has 0 amide bonds. The molecule has 5 unspecified atom stereocenters. The Hall–Kier alpha value is -0.630. The van der Waals surface area contributed by atoms with E-state index in [0.717, 1.165) is 12.8 Å². The lowest BCUT2D eigenvalue weighted by atomic mass is 9.37. The molecule has 4 aliphatic rings. The molecule has 0 radical (unpaired) electrons. The fourth-order valence-corrected chi connectivity index (χ4v) is 5.01. The molecule has 0 heterocycles. The maximum Gasteiger partial charge on any atom is 0.159 e. The third kappa shape index (κ3) is 1.13.